The lowest BCUT2D eigenvalue weighted by Crippen LogP contribution is -2.04. The molecular weight excluding hydrogens is 110 g/mol. The lowest BCUT2D eigenvalue weighted by molar-refractivity contribution is 0.803. The van der Waals surface area contributed by atoms with Gasteiger partial charge in [-0.05, 0) is 13.8 Å². The van der Waals surface area contributed by atoms with Gasteiger partial charge in [-0.15, -0.1) is 0 Å². The van der Waals surface area contributed by atoms with Gasteiger partial charge >= 0.3 is 0 Å². The summed E-state index contributed by atoms with van der Waals surface area (Å²) in [5.74, 6) is 2.68. The minimum Gasteiger partial charge on any atom is -0.224 e. The Morgan fingerprint density at radius 1 is 0.778 bits per heavy atom. The zero-order valence-electron chi connectivity index (χ0n) is 6.45. The van der Waals surface area contributed by atoms with Crippen LogP contribution in [0, 0.1) is 23.9 Å². The van der Waals surface area contributed by atoms with Crippen LogP contribution in [0.2, 0.25) is 0 Å². The summed E-state index contributed by atoms with van der Waals surface area (Å²) in [7, 11) is 0. The van der Waals surface area contributed by atoms with Crippen molar-refractivity contribution >= 4 is 0 Å². The fourth-order valence-electron chi connectivity index (χ4n) is 0.962. The molecule has 0 spiro atoms. The molecule has 1 heterocycles. The standard InChI is InChI=1S/C8H12N/c1-5-6(2)8(4)9-7(5)3/h1-4H3. The van der Waals surface area contributed by atoms with Gasteiger partial charge in [0.15, 0.2) is 0 Å². The summed E-state index contributed by atoms with van der Waals surface area (Å²) in [6.07, 6.45) is 0. The van der Waals surface area contributed by atoms with E-state index < -0.39 is 0 Å². The van der Waals surface area contributed by atoms with E-state index in [0.717, 1.165) is 0 Å². The van der Waals surface area contributed by atoms with E-state index in [-0.39, 0.29) is 0 Å². The molecule has 0 atom stereocenters. The van der Waals surface area contributed by atoms with Gasteiger partial charge in [0.25, 0.3) is 0 Å². The average molecular weight is 122 g/mol. The number of nitrogens with zero attached hydrogens (tertiary/aromatic N) is 1. The molecule has 1 aliphatic heterocycles. The van der Waals surface area contributed by atoms with Crippen LogP contribution in [0.4, 0.5) is 0 Å². The highest BCUT2D eigenvalue weighted by Crippen LogP contribution is 2.39. The van der Waals surface area contributed by atoms with Crippen molar-refractivity contribution in [1.82, 2.24) is 5.32 Å². The second-order valence-electron chi connectivity index (χ2n) is 2.53. The van der Waals surface area contributed by atoms with Crippen molar-refractivity contribution in [2.24, 2.45) is 0 Å². The maximum atomic E-state index is 4.31. The molecule has 0 N–H and O–H groups in total. The van der Waals surface area contributed by atoms with Crippen LogP contribution in [0.25, 0.3) is 0 Å². The Balaban J connectivity index is 2.54. The monoisotopic (exact) mass is 122 g/mol. The fourth-order valence-corrected chi connectivity index (χ4v) is 0.962. The van der Waals surface area contributed by atoms with E-state index in [0.29, 0.717) is 0 Å². The lowest BCUT2D eigenvalue weighted by Gasteiger charge is -2.09. The molecule has 0 aromatic heterocycles. The van der Waals surface area contributed by atoms with Gasteiger partial charge < -0.3 is 0 Å². The first-order valence-electron chi connectivity index (χ1n) is 3.20. The first-order valence-corrected chi connectivity index (χ1v) is 3.20. The largest absolute Gasteiger partial charge is 0.224 e. The second kappa shape index (κ2) is 2.30. The van der Waals surface area contributed by atoms with Crippen LogP contribution >= 0.6 is 0 Å². The van der Waals surface area contributed by atoms with Gasteiger partial charge in [-0.25, -0.2) is 5.32 Å². The van der Waals surface area contributed by atoms with Crippen LogP contribution in [0.5, 0.6) is 0 Å². The summed E-state index contributed by atoms with van der Waals surface area (Å²) in [5, 5.41) is 4.31. The van der Waals surface area contributed by atoms with Gasteiger partial charge in [0.05, 0.1) is 12.1 Å². The molecule has 0 unspecified atom stereocenters. The van der Waals surface area contributed by atoms with Crippen molar-refractivity contribution in [3.63, 3.8) is 0 Å². The zero-order chi connectivity index (χ0) is 7.02. The molecule has 1 heteroatoms. The SMILES string of the molecule is C[C]1[N][C](C)[C](C)[C]1C. The van der Waals surface area contributed by atoms with Crippen LogP contribution in [-0.4, -0.2) is 0 Å². The van der Waals surface area contributed by atoms with Crippen LogP contribution in [-0.2, 0) is 0 Å². The Morgan fingerprint density at radius 2 is 1.11 bits per heavy atom. The van der Waals surface area contributed by atoms with E-state index in [2.05, 4.69) is 33.0 Å². The molecule has 0 bridgehead atoms. The number of rotatable bonds is 0. The van der Waals surface area contributed by atoms with Crippen LogP contribution in [0.3, 0.4) is 0 Å². The molecule has 1 fully saturated rings. The summed E-state index contributed by atoms with van der Waals surface area (Å²) >= 11 is 0. The summed E-state index contributed by atoms with van der Waals surface area (Å²) in [6, 6.07) is 2.34. The third-order valence-electron chi connectivity index (χ3n) is 1.98. The lowest BCUT2D eigenvalue weighted by atomic mass is 9.92. The molecule has 0 amide bonds. The molecule has 49 valence electrons. The molecule has 1 rings (SSSR count). The van der Waals surface area contributed by atoms with Gasteiger partial charge in [0.2, 0.25) is 0 Å². The van der Waals surface area contributed by atoms with Crippen molar-refractivity contribution in [2.75, 3.05) is 0 Å². The normalized spacial score (nSPS) is 28.0. The molecule has 1 nitrogen and oxygen atoms in total. The van der Waals surface area contributed by atoms with Crippen LogP contribution in [0.15, 0.2) is 0 Å². The summed E-state index contributed by atoms with van der Waals surface area (Å²) in [4.78, 5) is 0. The Labute approximate surface area is 57.8 Å². The van der Waals surface area contributed by atoms with Gasteiger partial charge in [0, 0.05) is 11.8 Å². The molecule has 9 heavy (non-hydrogen) atoms. The van der Waals surface area contributed by atoms with E-state index >= 15 is 0 Å². The third-order valence-corrected chi connectivity index (χ3v) is 1.98. The highest BCUT2D eigenvalue weighted by Gasteiger charge is 2.35. The smallest absolute Gasteiger partial charge is 0.0602 e. The van der Waals surface area contributed by atoms with Gasteiger partial charge in [0.1, 0.15) is 0 Å². The van der Waals surface area contributed by atoms with Crippen molar-refractivity contribution < 1.29 is 0 Å². The summed E-state index contributed by atoms with van der Waals surface area (Å²) < 4.78 is 0. The van der Waals surface area contributed by atoms with E-state index in [4.69, 9.17) is 0 Å². The van der Waals surface area contributed by atoms with Crippen molar-refractivity contribution in [3.8, 4) is 0 Å². The van der Waals surface area contributed by atoms with Crippen molar-refractivity contribution in [3.05, 3.63) is 23.9 Å². The highest BCUT2D eigenvalue weighted by atomic mass is 15.0. The predicted octanol–water partition coefficient (Wildman–Crippen LogP) is 1.90. The number of hydrogen-bond donors (Lipinski definition) is 0. The summed E-state index contributed by atoms with van der Waals surface area (Å²) in [5.41, 5.74) is 0. The van der Waals surface area contributed by atoms with E-state index in [1.165, 1.54) is 23.9 Å². The summed E-state index contributed by atoms with van der Waals surface area (Å²) in [6.45, 7) is 8.33. The Bertz CT molecular complexity index is 88.7. The molecule has 0 saturated carbocycles. The molecule has 1 aliphatic rings. The first kappa shape index (κ1) is 7.07. The van der Waals surface area contributed by atoms with E-state index in [9.17, 15) is 0 Å². The Hall–Kier alpha value is -0.0400. The molecule has 1 saturated heterocycles. The zero-order valence-corrected chi connectivity index (χ0v) is 6.45. The van der Waals surface area contributed by atoms with Crippen LogP contribution < -0.4 is 5.32 Å². The van der Waals surface area contributed by atoms with E-state index in [1.807, 2.05) is 0 Å². The molecule has 0 aromatic carbocycles. The third kappa shape index (κ3) is 1.11. The highest BCUT2D eigenvalue weighted by molar-refractivity contribution is 5.41. The molecule has 0 aromatic rings. The van der Waals surface area contributed by atoms with Gasteiger partial charge in [-0.2, -0.15) is 0 Å². The Morgan fingerprint density at radius 3 is 1.22 bits per heavy atom. The van der Waals surface area contributed by atoms with Crippen LogP contribution in [0.1, 0.15) is 27.7 Å². The minimum absolute atomic E-state index is 1.17. The topological polar surface area (TPSA) is 14.1 Å². The fraction of sp³-hybridized carbons (Fsp3) is 0.500. The maximum absolute atomic E-state index is 4.31. The quantitative estimate of drug-likeness (QED) is 0.466. The van der Waals surface area contributed by atoms with Gasteiger partial charge in [-0.3, -0.25) is 0 Å². The first-order chi connectivity index (χ1) is 4.13. The maximum Gasteiger partial charge on any atom is 0.0602 e. The molecule has 5 radical (unpaired) electrons. The molecular formula is C8H12N. The van der Waals surface area contributed by atoms with E-state index in [1.54, 1.807) is 0 Å². The minimum atomic E-state index is 1.17. The van der Waals surface area contributed by atoms with Crippen molar-refractivity contribution in [1.29, 1.82) is 0 Å². The average Bonchev–Trinajstić information content (AvgIpc) is 1.98. The van der Waals surface area contributed by atoms with Crippen molar-refractivity contribution in [2.45, 2.75) is 27.7 Å². The van der Waals surface area contributed by atoms with Gasteiger partial charge in [-0.1, -0.05) is 13.8 Å². The Kier molecular flexibility index (Phi) is 1.80. The second-order valence-corrected chi connectivity index (χ2v) is 2.53. The molecule has 0 aliphatic carbocycles. The predicted molar refractivity (Wildman–Crippen MR) is 37.8 cm³/mol. The number of hydrogen-bond acceptors (Lipinski definition) is 0.